The Hall–Kier alpha value is -1.88. The van der Waals surface area contributed by atoms with E-state index in [1.54, 1.807) is 18.4 Å². The number of nitrogens with one attached hydrogen (secondary N) is 1. The topological polar surface area (TPSA) is 51.2 Å². The molecule has 2 aromatic rings. The van der Waals surface area contributed by atoms with E-state index in [4.69, 9.17) is 4.74 Å². The monoisotopic (exact) mass is 344 g/mol. The molecule has 0 spiro atoms. The molecule has 1 heterocycles. The summed E-state index contributed by atoms with van der Waals surface area (Å²) in [6.45, 7) is 0.657. The molecular formula is C19H24N2O2S. The number of amides is 1. The van der Waals surface area contributed by atoms with Gasteiger partial charge in [-0.2, -0.15) is 0 Å². The molecule has 3 rings (SSSR count). The lowest BCUT2D eigenvalue weighted by atomic mass is 9.89. The average Bonchev–Trinajstić information content (AvgIpc) is 3.11. The Kier molecular flexibility index (Phi) is 5.86. The molecule has 1 amide bonds. The number of nitrogens with zero attached hydrogens (tertiary/aromatic N) is 1. The second-order valence-electron chi connectivity index (χ2n) is 6.22. The van der Waals surface area contributed by atoms with Crippen molar-refractivity contribution in [2.24, 2.45) is 5.92 Å². The van der Waals surface area contributed by atoms with Gasteiger partial charge in [-0.1, -0.05) is 31.4 Å². The van der Waals surface area contributed by atoms with Gasteiger partial charge in [0.25, 0.3) is 0 Å². The van der Waals surface area contributed by atoms with E-state index in [-0.39, 0.29) is 11.8 Å². The highest BCUT2D eigenvalue weighted by Crippen LogP contribution is 2.31. The van der Waals surface area contributed by atoms with Gasteiger partial charge in [0.1, 0.15) is 10.8 Å². The molecule has 0 unspecified atom stereocenters. The number of para-hydroxylation sites is 1. The zero-order valence-electron chi connectivity index (χ0n) is 14.1. The Balaban J connectivity index is 1.53. The van der Waals surface area contributed by atoms with Crippen LogP contribution >= 0.6 is 11.3 Å². The largest absolute Gasteiger partial charge is 0.496 e. The molecule has 4 nitrogen and oxygen atoms in total. The van der Waals surface area contributed by atoms with Crippen LogP contribution in [0.3, 0.4) is 0 Å². The molecule has 1 aliphatic rings. The first-order valence-corrected chi connectivity index (χ1v) is 9.51. The second-order valence-corrected chi connectivity index (χ2v) is 7.08. The number of rotatable bonds is 6. The molecule has 1 fully saturated rings. The molecule has 0 aliphatic heterocycles. The van der Waals surface area contributed by atoms with Crippen molar-refractivity contribution in [3.63, 3.8) is 0 Å². The first-order chi connectivity index (χ1) is 11.8. The van der Waals surface area contributed by atoms with Crippen LogP contribution in [-0.4, -0.2) is 24.5 Å². The molecule has 5 heteroatoms. The molecule has 0 atom stereocenters. The minimum atomic E-state index is 0.217. The highest BCUT2D eigenvalue weighted by atomic mass is 32.1. The Morgan fingerprint density at radius 2 is 2.08 bits per heavy atom. The Labute approximate surface area is 147 Å². The number of carbonyl (C=O) groups excluding carboxylic acids is 1. The summed E-state index contributed by atoms with van der Waals surface area (Å²) >= 11 is 1.62. The predicted molar refractivity (Wildman–Crippen MR) is 97.4 cm³/mol. The summed E-state index contributed by atoms with van der Waals surface area (Å²) in [5, 5.41) is 6.10. The first-order valence-electron chi connectivity index (χ1n) is 8.63. The summed E-state index contributed by atoms with van der Waals surface area (Å²) in [6.07, 6.45) is 6.50. The minimum Gasteiger partial charge on any atom is -0.496 e. The van der Waals surface area contributed by atoms with E-state index in [2.05, 4.69) is 15.7 Å². The Morgan fingerprint density at radius 1 is 1.29 bits per heavy atom. The smallest absolute Gasteiger partial charge is 0.223 e. The van der Waals surface area contributed by atoms with Crippen molar-refractivity contribution >= 4 is 17.2 Å². The average molecular weight is 344 g/mol. The van der Waals surface area contributed by atoms with Gasteiger partial charge in [-0.3, -0.25) is 4.79 Å². The van der Waals surface area contributed by atoms with Crippen LogP contribution in [0.2, 0.25) is 0 Å². The standard InChI is InChI=1S/C19H24N2O2S/c1-23-17-10-6-5-9-16(17)19-21-15(13-24-19)11-12-20-18(22)14-7-3-2-4-8-14/h5-6,9-10,13-14H,2-4,7-8,11-12H2,1H3,(H,20,22). The minimum absolute atomic E-state index is 0.217. The molecule has 1 aromatic heterocycles. The summed E-state index contributed by atoms with van der Waals surface area (Å²) in [5.74, 6) is 1.28. The number of methoxy groups -OCH3 is 1. The van der Waals surface area contributed by atoms with Gasteiger partial charge >= 0.3 is 0 Å². The van der Waals surface area contributed by atoms with Crippen molar-refractivity contribution in [2.45, 2.75) is 38.5 Å². The van der Waals surface area contributed by atoms with Gasteiger partial charge in [-0.25, -0.2) is 4.98 Å². The third kappa shape index (κ3) is 4.15. The van der Waals surface area contributed by atoms with E-state index in [0.717, 1.165) is 41.3 Å². The van der Waals surface area contributed by atoms with E-state index in [0.29, 0.717) is 6.54 Å². The highest BCUT2D eigenvalue weighted by molar-refractivity contribution is 7.13. The lowest BCUT2D eigenvalue weighted by Gasteiger charge is -2.20. The molecular weight excluding hydrogens is 320 g/mol. The first kappa shape index (κ1) is 17.0. The number of benzene rings is 1. The summed E-state index contributed by atoms with van der Waals surface area (Å²) in [4.78, 5) is 16.8. The van der Waals surface area contributed by atoms with Gasteiger partial charge < -0.3 is 10.1 Å². The molecule has 1 N–H and O–H groups in total. The van der Waals surface area contributed by atoms with E-state index in [1.807, 2.05) is 24.3 Å². The van der Waals surface area contributed by atoms with Crippen LogP contribution in [0, 0.1) is 5.92 Å². The Bertz CT molecular complexity index is 678. The van der Waals surface area contributed by atoms with Gasteiger partial charge in [0.2, 0.25) is 5.91 Å². The van der Waals surface area contributed by atoms with Gasteiger partial charge in [0.15, 0.2) is 0 Å². The maximum absolute atomic E-state index is 12.2. The maximum Gasteiger partial charge on any atom is 0.223 e. The van der Waals surface area contributed by atoms with E-state index >= 15 is 0 Å². The lowest BCUT2D eigenvalue weighted by molar-refractivity contribution is -0.125. The van der Waals surface area contributed by atoms with Crippen molar-refractivity contribution in [3.05, 3.63) is 35.3 Å². The molecule has 24 heavy (non-hydrogen) atoms. The number of thiazole rings is 1. The molecule has 0 bridgehead atoms. The van der Waals surface area contributed by atoms with E-state index < -0.39 is 0 Å². The van der Waals surface area contributed by atoms with Crippen LogP contribution in [0.15, 0.2) is 29.6 Å². The van der Waals surface area contributed by atoms with E-state index in [9.17, 15) is 4.79 Å². The van der Waals surface area contributed by atoms with Crippen LogP contribution in [0.4, 0.5) is 0 Å². The number of ether oxygens (including phenoxy) is 1. The summed E-state index contributed by atoms with van der Waals surface area (Å²) in [6, 6.07) is 7.91. The molecule has 1 aliphatic carbocycles. The number of aromatic nitrogens is 1. The molecule has 1 aromatic carbocycles. The fraction of sp³-hybridized carbons (Fsp3) is 0.474. The lowest BCUT2D eigenvalue weighted by Crippen LogP contribution is -2.33. The molecule has 1 saturated carbocycles. The second kappa shape index (κ2) is 8.29. The van der Waals surface area contributed by atoms with Crippen LogP contribution in [-0.2, 0) is 11.2 Å². The third-order valence-corrected chi connectivity index (χ3v) is 5.47. The van der Waals surface area contributed by atoms with Gasteiger partial charge in [0, 0.05) is 24.3 Å². The van der Waals surface area contributed by atoms with Crippen molar-refractivity contribution in [1.29, 1.82) is 0 Å². The van der Waals surface area contributed by atoms with Gasteiger partial charge in [-0.15, -0.1) is 11.3 Å². The Morgan fingerprint density at radius 3 is 2.88 bits per heavy atom. The number of carbonyl (C=O) groups is 1. The molecule has 128 valence electrons. The van der Waals surface area contributed by atoms with Crippen LogP contribution in [0.25, 0.3) is 10.6 Å². The van der Waals surface area contributed by atoms with E-state index in [1.165, 1.54) is 19.3 Å². The van der Waals surface area contributed by atoms with Crippen molar-refractivity contribution in [1.82, 2.24) is 10.3 Å². The van der Waals surface area contributed by atoms with Crippen LogP contribution in [0.5, 0.6) is 5.75 Å². The number of hydrogen-bond donors (Lipinski definition) is 1. The van der Waals surface area contributed by atoms with Gasteiger partial charge in [-0.05, 0) is 25.0 Å². The van der Waals surface area contributed by atoms with Crippen molar-refractivity contribution < 1.29 is 9.53 Å². The maximum atomic E-state index is 12.2. The van der Waals surface area contributed by atoms with Crippen molar-refractivity contribution in [3.8, 4) is 16.3 Å². The van der Waals surface area contributed by atoms with Crippen LogP contribution < -0.4 is 10.1 Å². The van der Waals surface area contributed by atoms with Crippen LogP contribution in [0.1, 0.15) is 37.8 Å². The fourth-order valence-corrected chi connectivity index (χ4v) is 4.07. The quantitative estimate of drug-likeness (QED) is 0.860. The van der Waals surface area contributed by atoms with Crippen molar-refractivity contribution in [2.75, 3.05) is 13.7 Å². The molecule has 0 radical (unpaired) electrons. The predicted octanol–water partition coefficient (Wildman–Crippen LogP) is 4.06. The van der Waals surface area contributed by atoms with Gasteiger partial charge in [0.05, 0.1) is 18.4 Å². The zero-order valence-corrected chi connectivity index (χ0v) is 14.9. The fourth-order valence-electron chi connectivity index (χ4n) is 3.19. The summed E-state index contributed by atoms with van der Waals surface area (Å²) < 4.78 is 5.40. The number of hydrogen-bond acceptors (Lipinski definition) is 4. The SMILES string of the molecule is COc1ccccc1-c1nc(CCNC(=O)C2CCCCC2)cs1. The summed E-state index contributed by atoms with van der Waals surface area (Å²) in [5.41, 5.74) is 2.03. The third-order valence-electron chi connectivity index (χ3n) is 4.55. The zero-order chi connectivity index (χ0) is 16.8. The summed E-state index contributed by atoms with van der Waals surface area (Å²) in [7, 11) is 1.67. The normalized spacial score (nSPS) is 15.2. The highest BCUT2D eigenvalue weighted by Gasteiger charge is 2.20. The molecule has 0 saturated heterocycles.